The SMILES string of the molecule is Cc1ccc(F)c(C(C)[C@@H](C(=O)O)N2CC(C)c3cc(Cl)ccc3S2(=O)=O)c1C. The molecule has 2 aromatic carbocycles. The van der Waals surface area contributed by atoms with Gasteiger partial charge in [0, 0.05) is 17.5 Å². The van der Waals surface area contributed by atoms with Crippen LogP contribution in [0.15, 0.2) is 35.2 Å². The van der Waals surface area contributed by atoms with Crippen molar-refractivity contribution in [2.75, 3.05) is 6.54 Å². The van der Waals surface area contributed by atoms with Gasteiger partial charge in [0.1, 0.15) is 11.9 Å². The average molecular weight is 440 g/mol. The van der Waals surface area contributed by atoms with Crippen molar-refractivity contribution in [3.63, 3.8) is 0 Å². The number of carbonyl (C=O) groups is 1. The van der Waals surface area contributed by atoms with E-state index in [1.807, 2.05) is 6.92 Å². The minimum Gasteiger partial charge on any atom is -0.480 e. The maximum atomic E-state index is 14.6. The number of fused-ring (bicyclic) bond motifs is 1. The fourth-order valence-electron chi connectivity index (χ4n) is 4.10. The smallest absolute Gasteiger partial charge is 0.322 e. The van der Waals surface area contributed by atoms with E-state index < -0.39 is 33.8 Å². The monoisotopic (exact) mass is 439 g/mol. The highest BCUT2D eigenvalue weighted by Gasteiger charge is 2.45. The van der Waals surface area contributed by atoms with Crippen LogP contribution in [0.3, 0.4) is 0 Å². The molecule has 0 bridgehead atoms. The molecule has 3 rings (SSSR count). The van der Waals surface area contributed by atoms with Gasteiger partial charge in [0.2, 0.25) is 10.0 Å². The molecular formula is C21H23ClFNO4S. The number of rotatable bonds is 4. The molecule has 0 radical (unpaired) electrons. The summed E-state index contributed by atoms with van der Waals surface area (Å²) in [5.74, 6) is -3.00. The lowest BCUT2D eigenvalue weighted by Crippen LogP contribution is -2.51. The molecule has 0 amide bonds. The minimum atomic E-state index is -4.09. The third-order valence-electron chi connectivity index (χ3n) is 5.77. The van der Waals surface area contributed by atoms with E-state index in [9.17, 15) is 22.7 Å². The zero-order valence-corrected chi connectivity index (χ0v) is 18.2. The van der Waals surface area contributed by atoms with Gasteiger partial charge in [-0.2, -0.15) is 4.31 Å². The number of hydrogen-bond acceptors (Lipinski definition) is 3. The predicted molar refractivity (Wildman–Crippen MR) is 109 cm³/mol. The van der Waals surface area contributed by atoms with Crippen molar-refractivity contribution in [1.29, 1.82) is 0 Å². The molecule has 3 atom stereocenters. The van der Waals surface area contributed by atoms with Gasteiger partial charge in [-0.25, -0.2) is 12.8 Å². The fourth-order valence-corrected chi connectivity index (χ4v) is 6.33. The van der Waals surface area contributed by atoms with Crippen LogP contribution in [0.4, 0.5) is 4.39 Å². The lowest BCUT2D eigenvalue weighted by Gasteiger charge is -2.38. The van der Waals surface area contributed by atoms with Crippen LogP contribution in [0.5, 0.6) is 0 Å². The van der Waals surface area contributed by atoms with Gasteiger partial charge < -0.3 is 5.11 Å². The number of hydrogen-bond donors (Lipinski definition) is 1. The van der Waals surface area contributed by atoms with E-state index in [2.05, 4.69) is 0 Å². The van der Waals surface area contributed by atoms with Gasteiger partial charge in [0.15, 0.2) is 0 Å². The third kappa shape index (κ3) is 3.67. The van der Waals surface area contributed by atoms with E-state index in [0.29, 0.717) is 16.1 Å². The second-order valence-corrected chi connectivity index (χ2v) is 9.93. The Kier molecular flexibility index (Phi) is 5.77. The molecule has 8 heteroatoms. The van der Waals surface area contributed by atoms with Crippen molar-refractivity contribution in [2.24, 2.45) is 0 Å². The van der Waals surface area contributed by atoms with Crippen molar-refractivity contribution < 1.29 is 22.7 Å². The first kappa shape index (κ1) is 21.7. The Morgan fingerprint density at radius 3 is 2.55 bits per heavy atom. The summed E-state index contributed by atoms with van der Waals surface area (Å²) >= 11 is 6.02. The Morgan fingerprint density at radius 2 is 1.93 bits per heavy atom. The largest absolute Gasteiger partial charge is 0.480 e. The van der Waals surface area contributed by atoms with Crippen LogP contribution in [0.25, 0.3) is 0 Å². The Hall–Kier alpha value is -1.96. The number of carboxylic acid groups (broad SMARTS) is 1. The second kappa shape index (κ2) is 7.70. The number of nitrogens with zero attached hydrogens (tertiary/aromatic N) is 1. The molecule has 156 valence electrons. The quantitative estimate of drug-likeness (QED) is 0.763. The molecule has 0 saturated carbocycles. The van der Waals surface area contributed by atoms with Crippen LogP contribution >= 0.6 is 11.6 Å². The molecule has 2 unspecified atom stereocenters. The Morgan fingerprint density at radius 1 is 1.28 bits per heavy atom. The van der Waals surface area contributed by atoms with Crippen molar-refractivity contribution >= 4 is 27.6 Å². The first-order valence-corrected chi connectivity index (χ1v) is 11.1. The number of sulfonamides is 1. The predicted octanol–water partition coefficient (Wildman–Crippen LogP) is 4.46. The van der Waals surface area contributed by atoms with Gasteiger partial charge in [-0.15, -0.1) is 0 Å². The van der Waals surface area contributed by atoms with Crippen molar-refractivity contribution in [1.82, 2.24) is 4.31 Å². The van der Waals surface area contributed by atoms with Crippen molar-refractivity contribution in [2.45, 2.75) is 50.5 Å². The molecule has 2 aromatic rings. The summed E-state index contributed by atoms with van der Waals surface area (Å²) < 4.78 is 42.2. The van der Waals surface area contributed by atoms with Crippen LogP contribution in [0.2, 0.25) is 5.02 Å². The normalized spacial score (nSPS) is 20.7. The number of aryl methyl sites for hydroxylation is 1. The fraction of sp³-hybridized carbons (Fsp3) is 0.381. The summed E-state index contributed by atoms with van der Waals surface area (Å²) in [6.45, 7) is 6.87. The summed E-state index contributed by atoms with van der Waals surface area (Å²) in [5, 5.41) is 10.4. The molecule has 1 N–H and O–H groups in total. The molecule has 0 spiro atoms. The average Bonchev–Trinajstić information content (AvgIpc) is 2.63. The van der Waals surface area contributed by atoms with E-state index in [1.54, 1.807) is 32.9 Å². The zero-order chi connectivity index (χ0) is 21.7. The van der Waals surface area contributed by atoms with Crippen LogP contribution in [0, 0.1) is 19.7 Å². The highest BCUT2D eigenvalue weighted by Crippen LogP contribution is 2.39. The van der Waals surface area contributed by atoms with E-state index in [-0.39, 0.29) is 22.9 Å². The van der Waals surface area contributed by atoms with Crippen molar-refractivity contribution in [3.05, 3.63) is 63.4 Å². The van der Waals surface area contributed by atoms with Crippen LogP contribution in [0.1, 0.15) is 47.9 Å². The topological polar surface area (TPSA) is 74.7 Å². The molecule has 0 saturated heterocycles. The molecule has 5 nitrogen and oxygen atoms in total. The molecule has 0 aliphatic carbocycles. The first-order chi connectivity index (χ1) is 13.5. The number of carboxylic acids is 1. The molecule has 0 fully saturated rings. The van der Waals surface area contributed by atoms with E-state index >= 15 is 0 Å². The Bertz CT molecular complexity index is 1090. The molecule has 0 aromatic heterocycles. The number of benzene rings is 2. The van der Waals surface area contributed by atoms with Gasteiger partial charge in [-0.3, -0.25) is 4.79 Å². The molecule has 1 aliphatic heterocycles. The molecule has 1 heterocycles. The number of aliphatic carboxylic acids is 1. The first-order valence-electron chi connectivity index (χ1n) is 9.26. The highest BCUT2D eigenvalue weighted by molar-refractivity contribution is 7.89. The number of halogens is 2. The zero-order valence-electron chi connectivity index (χ0n) is 16.6. The minimum absolute atomic E-state index is 0.0243. The van der Waals surface area contributed by atoms with Crippen LogP contribution < -0.4 is 0 Å². The second-order valence-electron chi connectivity index (χ2n) is 7.63. The van der Waals surface area contributed by atoms with Crippen LogP contribution in [-0.4, -0.2) is 36.4 Å². The van der Waals surface area contributed by atoms with Gasteiger partial charge in [-0.1, -0.05) is 31.5 Å². The van der Waals surface area contributed by atoms with Gasteiger partial charge in [0.25, 0.3) is 0 Å². The maximum Gasteiger partial charge on any atom is 0.322 e. The van der Waals surface area contributed by atoms with E-state index in [1.165, 1.54) is 18.2 Å². The lowest BCUT2D eigenvalue weighted by molar-refractivity contribution is -0.142. The Balaban J connectivity index is 2.15. The summed E-state index contributed by atoms with van der Waals surface area (Å²) in [6, 6.07) is 5.94. The summed E-state index contributed by atoms with van der Waals surface area (Å²) in [6.07, 6.45) is 0. The summed E-state index contributed by atoms with van der Waals surface area (Å²) in [5.41, 5.74) is 2.22. The van der Waals surface area contributed by atoms with E-state index in [0.717, 1.165) is 9.87 Å². The van der Waals surface area contributed by atoms with Gasteiger partial charge in [-0.05, 0) is 66.3 Å². The van der Waals surface area contributed by atoms with Gasteiger partial charge >= 0.3 is 5.97 Å². The highest BCUT2D eigenvalue weighted by atomic mass is 35.5. The Labute approximate surface area is 175 Å². The summed E-state index contributed by atoms with van der Waals surface area (Å²) in [4.78, 5) is 12.3. The lowest BCUT2D eigenvalue weighted by atomic mass is 9.87. The van der Waals surface area contributed by atoms with E-state index in [4.69, 9.17) is 11.6 Å². The molecule has 1 aliphatic rings. The molecule has 29 heavy (non-hydrogen) atoms. The van der Waals surface area contributed by atoms with Crippen molar-refractivity contribution in [3.8, 4) is 0 Å². The summed E-state index contributed by atoms with van der Waals surface area (Å²) in [7, 11) is -4.09. The molecular weight excluding hydrogens is 417 g/mol. The maximum absolute atomic E-state index is 14.6. The third-order valence-corrected chi connectivity index (χ3v) is 7.92. The van der Waals surface area contributed by atoms with Gasteiger partial charge in [0.05, 0.1) is 4.90 Å². The standard InChI is InChI=1S/C21H23ClFNO4S/c1-11-5-7-17(23)19(13(11)3)14(4)20(21(25)26)24-10-12(2)16-9-15(22)6-8-18(16)29(24,27)28/h5-9,12,14,20H,10H2,1-4H3,(H,25,26)/t12?,14?,20-/m0/s1. The van der Waals surface area contributed by atoms with Crippen LogP contribution in [-0.2, 0) is 14.8 Å².